The standard InChI is InChI=1S/C25H22ClF6N5O5/c26-17-6-4-14(5-7-17)21-34-37(22(40)36(21)12-19(38)25(30,31)32)13-20(39)33-18(11-35-8-9-42-23(35)41)15-2-1-3-16(10-15)24(27,28)29/h1-7,10,18-19,38H,8-9,11-13H2,(H,33,39)/t18?,19-/m0/s1. The number of alkyl halides is 6. The summed E-state index contributed by atoms with van der Waals surface area (Å²) in [5.41, 5.74) is -2.03. The molecule has 226 valence electrons. The Bertz CT molecular complexity index is 1510. The van der Waals surface area contributed by atoms with E-state index in [-0.39, 0.29) is 41.7 Å². The first-order valence-corrected chi connectivity index (χ1v) is 12.6. The molecular weight excluding hydrogens is 600 g/mol. The number of benzene rings is 2. The van der Waals surface area contributed by atoms with Gasteiger partial charge in [-0.2, -0.15) is 26.3 Å². The average Bonchev–Trinajstić information content (AvgIpc) is 3.45. The van der Waals surface area contributed by atoms with Crippen LogP contribution in [0.25, 0.3) is 11.4 Å². The summed E-state index contributed by atoms with van der Waals surface area (Å²) in [4.78, 5) is 39.2. The molecule has 0 aliphatic carbocycles. The van der Waals surface area contributed by atoms with Gasteiger partial charge in [0, 0.05) is 17.1 Å². The molecule has 3 aromatic rings. The van der Waals surface area contributed by atoms with Gasteiger partial charge in [-0.15, -0.1) is 5.10 Å². The van der Waals surface area contributed by atoms with Crippen molar-refractivity contribution in [3.63, 3.8) is 0 Å². The molecule has 2 aromatic carbocycles. The zero-order valence-electron chi connectivity index (χ0n) is 21.3. The highest BCUT2D eigenvalue weighted by Gasteiger charge is 2.39. The second-order valence-electron chi connectivity index (χ2n) is 9.24. The number of nitrogens with one attached hydrogen (secondary N) is 1. The van der Waals surface area contributed by atoms with Crippen molar-refractivity contribution in [3.8, 4) is 11.4 Å². The second kappa shape index (κ2) is 12.1. The molecule has 0 radical (unpaired) electrons. The largest absolute Gasteiger partial charge is 0.448 e. The highest BCUT2D eigenvalue weighted by atomic mass is 35.5. The van der Waals surface area contributed by atoms with E-state index < -0.39 is 60.8 Å². The topological polar surface area (TPSA) is 119 Å². The lowest BCUT2D eigenvalue weighted by molar-refractivity contribution is -0.207. The van der Waals surface area contributed by atoms with E-state index in [1.807, 2.05) is 0 Å². The molecule has 0 bridgehead atoms. The Morgan fingerprint density at radius 2 is 1.76 bits per heavy atom. The Hall–Kier alpha value is -4.05. The van der Waals surface area contributed by atoms with Crippen LogP contribution in [0.5, 0.6) is 0 Å². The Labute approximate surface area is 238 Å². The lowest BCUT2D eigenvalue weighted by Gasteiger charge is -2.24. The molecular formula is C25H22ClF6N5O5. The van der Waals surface area contributed by atoms with Crippen LogP contribution < -0.4 is 11.0 Å². The maximum atomic E-state index is 13.3. The van der Waals surface area contributed by atoms with E-state index in [0.717, 1.165) is 18.2 Å². The third-order valence-corrected chi connectivity index (χ3v) is 6.50. The fourth-order valence-electron chi connectivity index (χ4n) is 4.15. The highest BCUT2D eigenvalue weighted by Crippen LogP contribution is 2.31. The Balaban J connectivity index is 1.64. The summed E-state index contributed by atoms with van der Waals surface area (Å²) in [6, 6.07) is 8.37. The summed E-state index contributed by atoms with van der Waals surface area (Å²) in [7, 11) is 0. The number of rotatable bonds is 9. The Morgan fingerprint density at radius 1 is 1.07 bits per heavy atom. The summed E-state index contributed by atoms with van der Waals surface area (Å²) in [5, 5.41) is 16.3. The summed E-state index contributed by atoms with van der Waals surface area (Å²) in [6.07, 6.45) is -13.4. The molecule has 0 saturated carbocycles. The number of halogens is 7. The van der Waals surface area contributed by atoms with Crippen LogP contribution in [0.3, 0.4) is 0 Å². The summed E-state index contributed by atoms with van der Waals surface area (Å²) in [6.45, 7) is -2.21. The van der Waals surface area contributed by atoms with Gasteiger partial charge in [0.15, 0.2) is 11.9 Å². The number of carbonyl (C=O) groups is 2. The maximum Gasteiger partial charge on any atom is 0.416 e. The van der Waals surface area contributed by atoms with E-state index in [4.69, 9.17) is 16.3 Å². The molecule has 1 fully saturated rings. The molecule has 2 atom stereocenters. The van der Waals surface area contributed by atoms with Crippen molar-refractivity contribution in [2.45, 2.75) is 37.6 Å². The quantitative estimate of drug-likeness (QED) is 0.353. The monoisotopic (exact) mass is 621 g/mol. The first-order chi connectivity index (χ1) is 19.6. The molecule has 1 unspecified atom stereocenters. The van der Waals surface area contributed by atoms with Crippen LogP contribution in [0, 0.1) is 0 Å². The van der Waals surface area contributed by atoms with E-state index in [2.05, 4.69) is 10.4 Å². The van der Waals surface area contributed by atoms with Crippen LogP contribution in [0.1, 0.15) is 17.2 Å². The maximum absolute atomic E-state index is 13.3. The molecule has 4 rings (SSSR count). The van der Waals surface area contributed by atoms with Crippen LogP contribution in [0.2, 0.25) is 5.02 Å². The van der Waals surface area contributed by atoms with Gasteiger partial charge in [-0.3, -0.25) is 9.36 Å². The number of amides is 2. The molecule has 2 amide bonds. The SMILES string of the molecule is O=C(Cn1nc(-c2ccc(Cl)cc2)n(C[C@H](O)C(F)(F)F)c1=O)NC(CN1CCOC1=O)c1cccc(C(F)(F)F)c1. The smallest absolute Gasteiger partial charge is 0.416 e. The average molecular weight is 622 g/mol. The van der Waals surface area contributed by atoms with Crippen molar-refractivity contribution >= 4 is 23.6 Å². The Kier molecular flexibility index (Phi) is 8.87. The Morgan fingerprint density at radius 3 is 2.36 bits per heavy atom. The molecule has 10 nitrogen and oxygen atoms in total. The van der Waals surface area contributed by atoms with Crippen molar-refractivity contribution in [1.82, 2.24) is 24.6 Å². The third-order valence-electron chi connectivity index (χ3n) is 6.25. The number of ether oxygens (including phenoxy) is 1. The molecule has 1 aromatic heterocycles. The normalized spacial score (nSPS) is 15.4. The fraction of sp³-hybridized carbons (Fsp3) is 0.360. The lowest BCUT2D eigenvalue weighted by atomic mass is 10.0. The molecule has 17 heteroatoms. The van der Waals surface area contributed by atoms with Gasteiger partial charge >= 0.3 is 24.1 Å². The molecule has 1 aliphatic rings. The van der Waals surface area contributed by atoms with Crippen molar-refractivity contribution in [2.24, 2.45) is 0 Å². The number of carbonyl (C=O) groups excluding carboxylic acids is 2. The zero-order valence-corrected chi connectivity index (χ0v) is 22.1. The van der Waals surface area contributed by atoms with Crippen LogP contribution in [0.4, 0.5) is 31.1 Å². The van der Waals surface area contributed by atoms with Gasteiger partial charge in [0.1, 0.15) is 13.2 Å². The van der Waals surface area contributed by atoms with E-state index in [0.29, 0.717) is 9.25 Å². The molecule has 1 aliphatic heterocycles. The van der Waals surface area contributed by atoms with Gasteiger partial charge in [-0.25, -0.2) is 14.3 Å². The third kappa shape index (κ3) is 7.23. The van der Waals surface area contributed by atoms with Gasteiger partial charge < -0.3 is 20.1 Å². The predicted octanol–water partition coefficient (Wildman–Crippen LogP) is 3.62. The van der Waals surface area contributed by atoms with E-state index >= 15 is 0 Å². The van der Waals surface area contributed by atoms with Crippen LogP contribution >= 0.6 is 11.6 Å². The zero-order chi connectivity index (χ0) is 30.8. The summed E-state index contributed by atoms with van der Waals surface area (Å²) in [5.74, 6) is -1.25. The van der Waals surface area contributed by atoms with Gasteiger partial charge in [0.25, 0.3) is 0 Å². The minimum absolute atomic E-state index is 0.00842. The van der Waals surface area contributed by atoms with Crippen LogP contribution in [0.15, 0.2) is 53.3 Å². The number of hydrogen-bond donors (Lipinski definition) is 2. The molecule has 1 saturated heterocycles. The number of hydrogen-bond acceptors (Lipinski definition) is 6. The first-order valence-electron chi connectivity index (χ1n) is 12.2. The number of cyclic esters (lactones) is 1. The summed E-state index contributed by atoms with van der Waals surface area (Å²) < 4.78 is 85.2. The minimum Gasteiger partial charge on any atom is -0.448 e. The van der Waals surface area contributed by atoms with Crippen LogP contribution in [-0.4, -0.2) is 68.3 Å². The van der Waals surface area contributed by atoms with E-state index in [1.54, 1.807) is 0 Å². The number of aliphatic hydroxyl groups is 1. The van der Waals surface area contributed by atoms with Gasteiger partial charge in [0.2, 0.25) is 5.91 Å². The highest BCUT2D eigenvalue weighted by molar-refractivity contribution is 6.30. The van der Waals surface area contributed by atoms with Crippen molar-refractivity contribution in [2.75, 3.05) is 19.7 Å². The van der Waals surface area contributed by atoms with Gasteiger partial charge in [0.05, 0.1) is 24.7 Å². The number of aromatic nitrogens is 3. The summed E-state index contributed by atoms with van der Waals surface area (Å²) >= 11 is 5.86. The van der Waals surface area contributed by atoms with Crippen molar-refractivity contribution < 1.29 is 45.8 Å². The molecule has 2 heterocycles. The minimum atomic E-state index is -5.06. The second-order valence-corrected chi connectivity index (χ2v) is 9.68. The number of aliphatic hydroxyl groups excluding tert-OH is 1. The fourth-order valence-corrected chi connectivity index (χ4v) is 4.28. The molecule has 2 N–H and O–H groups in total. The van der Waals surface area contributed by atoms with Gasteiger partial charge in [-0.05, 0) is 42.0 Å². The van der Waals surface area contributed by atoms with Crippen molar-refractivity contribution in [1.29, 1.82) is 0 Å². The number of nitrogens with zero attached hydrogens (tertiary/aromatic N) is 4. The first kappa shape index (κ1) is 30.9. The molecule has 0 spiro atoms. The van der Waals surface area contributed by atoms with Crippen LogP contribution in [-0.2, 0) is 28.8 Å². The van der Waals surface area contributed by atoms with Gasteiger partial charge in [-0.1, -0.05) is 23.7 Å². The lowest BCUT2D eigenvalue weighted by Crippen LogP contribution is -2.41. The van der Waals surface area contributed by atoms with Crippen molar-refractivity contribution in [3.05, 3.63) is 75.2 Å². The van der Waals surface area contributed by atoms with E-state index in [9.17, 15) is 45.8 Å². The molecule has 42 heavy (non-hydrogen) atoms. The van der Waals surface area contributed by atoms with E-state index in [1.165, 1.54) is 35.2 Å². The predicted molar refractivity (Wildman–Crippen MR) is 134 cm³/mol.